The van der Waals surface area contributed by atoms with Crippen molar-refractivity contribution < 1.29 is 13.9 Å². The molecule has 0 amide bonds. The predicted molar refractivity (Wildman–Crippen MR) is 80.0 cm³/mol. The van der Waals surface area contributed by atoms with E-state index in [1.54, 1.807) is 6.07 Å². The van der Waals surface area contributed by atoms with Crippen molar-refractivity contribution in [1.82, 2.24) is 4.90 Å². The van der Waals surface area contributed by atoms with Crippen molar-refractivity contribution in [2.45, 2.75) is 38.0 Å². The van der Waals surface area contributed by atoms with Gasteiger partial charge in [-0.3, -0.25) is 4.90 Å². The molecule has 2 saturated heterocycles. The topological polar surface area (TPSA) is 21.7 Å². The van der Waals surface area contributed by atoms with Gasteiger partial charge in [-0.1, -0.05) is 17.7 Å². The Morgan fingerprint density at radius 2 is 2.14 bits per heavy atom. The number of nitrogens with zero attached hydrogens (tertiary/aromatic N) is 1. The van der Waals surface area contributed by atoms with E-state index in [1.807, 2.05) is 0 Å². The molecule has 2 aliphatic rings. The molecule has 116 valence electrons. The molecule has 0 radical (unpaired) electrons. The summed E-state index contributed by atoms with van der Waals surface area (Å²) in [5, 5.41) is 0.496. The summed E-state index contributed by atoms with van der Waals surface area (Å²) in [6, 6.07) is 4.62. The predicted octanol–water partition coefficient (Wildman–Crippen LogP) is 3.25. The summed E-state index contributed by atoms with van der Waals surface area (Å²) >= 11 is 6.14. The lowest BCUT2D eigenvalue weighted by Crippen LogP contribution is -2.56. The first-order chi connectivity index (χ1) is 10.1. The third-order valence-electron chi connectivity index (χ3n) is 4.29. The molecule has 0 bridgehead atoms. The normalized spacial score (nSPS) is 26.1. The van der Waals surface area contributed by atoms with E-state index in [-0.39, 0.29) is 17.5 Å². The molecule has 3 rings (SSSR count). The van der Waals surface area contributed by atoms with Crippen LogP contribution in [0, 0.1) is 5.82 Å². The summed E-state index contributed by atoms with van der Waals surface area (Å²) in [6.07, 6.45) is 2.06. The molecule has 1 aromatic carbocycles. The van der Waals surface area contributed by atoms with Crippen molar-refractivity contribution in [2.24, 2.45) is 0 Å². The summed E-state index contributed by atoms with van der Waals surface area (Å²) in [7, 11) is 0. The molecule has 0 N–H and O–H groups in total. The highest BCUT2D eigenvalue weighted by atomic mass is 35.5. The van der Waals surface area contributed by atoms with Crippen LogP contribution in [-0.4, -0.2) is 42.9 Å². The van der Waals surface area contributed by atoms with Gasteiger partial charge in [-0.15, -0.1) is 0 Å². The number of halogens is 2. The number of hydrogen-bond acceptors (Lipinski definition) is 3. The van der Waals surface area contributed by atoms with Crippen LogP contribution in [0.4, 0.5) is 4.39 Å². The molecule has 1 atom stereocenters. The summed E-state index contributed by atoms with van der Waals surface area (Å²) in [5.74, 6) is -0.292. The second kappa shape index (κ2) is 6.21. The van der Waals surface area contributed by atoms with E-state index in [4.69, 9.17) is 21.1 Å². The third kappa shape index (κ3) is 3.57. The fourth-order valence-electron chi connectivity index (χ4n) is 3.37. The maximum Gasteiger partial charge on any atom is 0.124 e. The molecule has 5 heteroatoms. The SMILES string of the molecule is CC1CN(Cc2ccc(F)cc2Cl)CC2(CCOCC2)O1. The Kier molecular flexibility index (Phi) is 4.50. The lowest BCUT2D eigenvalue weighted by atomic mass is 9.91. The van der Waals surface area contributed by atoms with E-state index < -0.39 is 0 Å². The van der Waals surface area contributed by atoms with Gasteiger partial charge in [0.2, 0.25) is 0 Å². The van der Waals surface area contributed by atoms with Gasteiger partial charge in [0, 0.05) is 50.7 Å². The Hall–Kier alpha value is -0.680. The lowest BCUT2D eigenvalue weighted by Gasteiger charge is -2.47. The zero-order chi connectivity index (χ0) is 14.9. The van der Waals surface area contributed by atoms with Gasteiger partial charge in [0.1, 0.15) is 5.82 Å². The van der Waals surface area contributed by atoms with E-state index in [0.29, 0.717) is 5.02 Å². The number of ether oxygens (including phenoxy) is 2. The number of hydrogen-bond donors (Lipinski definition) is 0. The molecular weight excluding hydrogens is 293 g/mol. The zero-order valence-corrected chi connectivity index (χ0v) is 13.0. The molecule has 1 spiro atoms. The molecule has 2 fully saturated rings. The van der Waals surface area contributed by atoms with Crippen LogP contribution in [0.25, 0.3) is 0 Å². The molecule has 0 aromatic heterocycles. The van der Waals surface area contributed by atoms with E-state index in [2.05, 4.69) is 11.8 Å². The highest BCUT2D eigenvalue weighted by Crippen LogP contribution is 2.32. The molecule has 3 nitrogen and oxygen atoms in total. The molecule has 0 saturated carbocycles. The van der Waals surface area contributed by atoms with E-state index in [0.717, 1.165) is 51.3 Å². The van der Waals surface area contributed by atoms with E-state index in [1.165, 1.54) is 12.1 Å². The number of morpholine rings is 1. The van der Waals surface area contributed by atoms with Gasteiger partial charge >= 0.3 is 0 Å². The molecule has 0 aliphatic carbocycles. The first kappa shape index (κ1) is 15.2. The zero-order valence-electron chi connectivity index (χ0n) is 12.3. The number of benzene rings is 1. The van der Waals surface area contributed by atoms with Crippen molar-refractivity contribution in [2.75, 3.05) is 26.3 Å². The quantitative estimate of drug-likeness (QED) is 0.836. The minimum atomic E-state index is -0.292. The second-order valence-corrected chi connectivity index (χ2v) is 6.54. The van der Waals surface area contributed by atoms with Crippen LogP contribution in [0.3, 0.4) is 0 Å². The summed E-state index contributed by atoms with van der Waals surface area (Å²) in [6.45, 7) is 6.12. The Bertz CT molecular complexity index is 505. The first-order valence-corrected chi connectivity index (χ1v) is 7.86. The van der Waals surface area contributed by atoms with Crippen molar-refractivity contribution in [3.8, 4) is 0 Å². The minimum absolute atomic E-state index is 0.0948. The molecule has 2 aliphatic heterocycles. The summed E-state index contributed by atoms with van der Waals surface area (Å²) in [5.41, 5.74) is 0.872. The standard InChI is InChI=1S/C16H21ClFNO2/c1-12-9-19(10-13-2-3-14(18)8-15(13)17)11-16(21-12)4-6-20-7-5-16/h2-3,8,12H,4-7,9-11H2,1H3. The van der Waals surface area contributed by atoms with Crippen LogP contribution in [0.5, 0.6) is 0 Å². The highest BCUT2D eigenvalue weighted by Gasteiger charge is 2.40. The van der Waals surface area contributed by atoms with Gasteiger partial charge < -0.3 is 9.47 Å². The van der Waals surface area contributed by atoms with Gasteiger partial charge in [-0.25, -0.2) is 4.39 Å². The molecule has 21 heavy (non-hydrogen) atoms. The molecular formula is C16H21ClFNO2. The van der Waals surface area contributed by atoms with Gasteiger partial charge in [-0.2, -0.15) is 0 Å². The number of rotatable bonds is 2. The first-order valence-electron chi connectivity index (χ1n) is 7.48. The molecule has 1 aromatic rings. The maximum absolute atomic E-state index is 13.1. The summed E-state index contributed by atoms with van der Waals surface area (Å²) in [4.78, 5) is 2.36. The van der Waals surface area contributed by atoms with Crippen molar-refractivity contribution in [3.05, 3.63) is 34.6 Å². The Morgan fingerprint density at radius 1 is 1.38 bits per heavy atom. The highest BCUT2D eigenvalue weighted by molar-refractivity contribution is 6.31. The van der Waals surface area contributed by atoms with Gasteiger partial charge in [0.15, 0.2) is 0 Å². The van der Waals surface area contributed by atoms with E-state index >= 15 is 0 Å². The van der Waals surface area contributed by atoms with Gasteiger partial charge in [0.25, 0.3) is 0 Å². The Morgan fingerprint density at radius 3 is 2.86 bits per heavy atom. The van der Waals surface area contributed by atoms with Crippen LogP contribution >= 0.6 is 11.6 Å². The van der Waals surface area contributed by atoms with Gasteiger partial charge in [-0.05, 0) is 24.6 Å². The van der Waals surface area contributed by atoms with Crippen molar-refractivity contribution in [3.63, 3.8) is 0 Å². The third-order valence-corrected chi connectivity index (χ3v) is 4.64. The smallest absolute Gasteiger partial charge is 0.124 e. The molecule has 2 heterocycles. The van der Waals surface area contributed by atoms with Gasteiger partial charge in [0.05, 0.1) is 11.7 Å². The molecule has 1 unspecified atom stereocenters. The second-order valence-electron chi connectivity index (χ2n) is 6.13. The fraction of sp³-hybridized carbons (Fsp3) is 0.625. The largest absolute Gasteiger partial charge is 0.381 e. The summed E-state index contributed by atoms with van der Waals surface area (Å²) < 4.78 is 24.8. The fourth-order valence-corrected chi connectivity index (χ4v) is 3.59. The van der Waals surface area contributed by atoms with E-state index in [9.17, 15) is 4.39 Å². The Balaban J connectivity index is 1.72. The maximum atomic E-state index is 13.1. The average Bonchev–Trinajstić information content (AvgIpc) is 2.42. The van der Waals surface area contributed by atoms with Crippen LogP contribution in [0.15, 0.2) is 18.2 Å². The average molecular weight is 314 g/mol. The van der Waals surface area contributed by atoms with Crippen LogP contribution < -0.4 is 0 Å². The van der Waals surface area contributed by atoms with Crippen molar-refractivity contribution >= 4 is 11.6 Å². The van der Waals surface area contributed by atoms with Crippen LogP contribution in [-0.2, 0) is 16.0 Å². The monoisotopic (exact) mass is 313 g/mol. The minimum Gasteiger partial charge on any atom is -0.381 e. The van der Waals surface area contributed by atoms with Crippen LogP contribution in [0.1, 0.15) is 25.3 Å². The van der Waals surface area contributed by atoms with Crippen LogP contribution in [0.2, 0.25) is 5.02 Å². The Labute approximate surface area is 130 Å². The lowest BCUT2D eigenvalue weighted by molar-refractivity contribution is -0.185. The van der Waals surface area contributed by atoms with Crippen molar-refractivity contribution in [1.29, 1.82) is 0 Å².